The lowest BCUT2D eigenvalue weighted by atomic mass is 10.0. The molecule has 5 nitrogen and oxygen atoms in total. The van der Waals surface area contributed by atoms with Gasteiger partial charge in [-0.15, -0.1) is 0 Å². The Morgan fingerprint density at radius 2 is 1.78 bits per heavy atom. The smallest absolute Gasteiger partial charge is 0.349 e. The zero-order valence-corrected chi connectivity index (χ0v) is 18.6. The monoisotopic (exact) mass is 467 g/mol. The minimum Gasteiger partial charge on any atom is -0.349 e. The molecule has 0 radical (unpaired) electrons. The van der Waals surface area contributed by atoms with E-state index in [1.54, 1.807) is 13.0 Å². The maximum atomic E-state index is 13.0. The van der Waals surface area contributed by atoms with Crippen LogP contribution in [0.4, 0.5) is 18.9 Å². The average molecular weight is 468 g/mol. The number of piperidine rings is 1. The van der Waals surface area contributed by atoms with Crippen LogP contribution >= 0.6 is 11.6 Å². The number of hydrogen-bond donors (Lipinski definition) is 2. The van der Waals surface area contributed by atoms with Crippen LogP contribution in [0.2, 0.25) is 5.02 Å². The average Bonchev–Trinajstić information content (AvgIpc) is 2.74. The number of amides is 2. The Labute approximate surface area is 189 Å². The maximum Gasteiger partial charge on any atom is 0.417 e. The molecular weight excluding hydrogens is 443 g/mol. The number of aryl methyl sites for hydroxylation is 1. The SMILES string of the molecule is Cc1ccccc1C(=O)NC1CCN(C(C)C(=O)Nc2ccc(Cl)c(C(F)(F)F)c2)CC1. The van der Waals surface area contributed by atoms with Gasteiger partial charge < -0.3 is 10.6 Å². The van der Waals surface area contributed by atoms with Gasteiger partial charge in [-0.05, 0) is 56.5 Å². The van der Waals surface area contributed by atoms with Gasteiger partial charge in [0.25, 0.3) is 5.91 Å². The molecule has 9 heteroatoms. The first-order valence-corrected chi connectivity index (χ1v) is 10.7. The van der Waals surface area contributed by atoms with Crippen molar-refractivity contribution in [3.05, 3.63) is 64.2 Å². The van der Waals surface area contributed by atoms with Crippen molar-refractivity contribution in [2.75, 3.05) is 18.4 Å². The van der Waals surface area contributed by atoms with Gasteiger partial charge in [0, 0.05) is 30.4 Å². The Morgan fingerprint density at radius 1 is 1.12 bits per heavy atom. The number of benzene rings is 2. The van der Waals surface area contributed by atoms with Gasteiger partial charge in [0.05, 0.1) is 16.6 Å². The molecule has 0 bridgehead atoms. The number of alkyl halides is 3. The van der Waals surface area contributed by atoms with Crippen LogP contribution in [0.5, 0.6) is 0 Å². The summed E-state index contributed by atoms with van der Waals surface area (Å²) in [4.78, 5) is 27.1. The highest BCUT2D eigenvalue weighted by Gasteiger charge is 2.34. The predicted octanol–water partition coefficient (Wildman–Crippen LogP) is 4.89. The molecule has 1 heterocycles. The van der Waals surface area contributed by atoms with Crippen molar-refractivity contribution in [2.45, 2.75) is 44.9 Å². The maximum absolute atomic E-state index is 13.0. The third-order valence-electron chi connectivity index (χ3n) is 5.72. The molecule has 1 saturated heterocycles. The number of carbonyl (C=O) groups excluding carboxylic acids is 2. The molecule has 0 saturated carbocycles. The molecule has 2 aromatic rings. The third-order valence-corrected chi connectivity index (χ3v) is 6.05. The summed E-state index contributed by atoms with van der Waals surface area (Å²) in [6.07, 6.45) is -3.25. The van der Waals surface area contributed by atoms with Crippen LogP contribution in [0.3, 0.4) is 0 Å². The molecule has 2 amide bonds. The van der Waals surface area contributed by atoms with E-state index in [1.165, 1.54) is 6.07 Å². The molecule has 1 fully saturated rings. The fourth-order valence-electron chi connectivity index (χ4n) is 3.75. The van der Waals surface area contributed by atoms with E-state index in [2.05, 4.69) is 10.6 Å². The van der Waals surface area contributed by atoms with Crippen LogP contribution in [0, 0.1) is 6.92 Å². The molecule has 1 aliphatic rings. The number of nitrogens with zero attached hydrogens (tertiary/aromatic N) is 1. The highest BCUT2D eigenvalue weighted by molar-refractivity contribution is 6.31. The minimum atomic E-state index is -4.60. The number of halogens is 4. The van der Waals surface area contributed by atoms with Gasteiger partial charge in [-0.1, -0.05) is 29.8 Å². The Hall–Kier alpha value is -2.58. The zero-order valence-electron chi connectivity index (χ0n) is 17.8. The first-order valence-electron chi connectivity index (χ1n) is 10.3. The standard InChI is InChI=1S/C23H25ClF3N3O2/c1-14-5-3-4-6-18(14)22(32)28-16-9-11-30(12-10-16)15(2)21(31)29-17-7-8-20(24)19(13-17)23(25,26)27/h3-8,13,15-16H,9-12H2,1-2H3,(H,28,32)(H,29,31). The van der Waals surface area contributed by atoms with E-state index in [-0.39, 0.29) is 17.6 Å². The van der Waals surface area contributed by atoms with E-state index in [9.17, 15) is 22.8 Å². The predicted molar refractivity (Wildman–Crippen MR) is 118 cm³/mol. The van der Waals surface area contributed by atoms with Crippen LogP contribution < -0.4 is 10.6 Å². The molecule has 0 aromatic heterocycles. The highest BCUT2D eigenvalue weighted by Crippen LogP contribution is 2.36. The molecule has 1 unspecified atom stereocenters. The quantitative estimate of drug-likeness (QED) is 0.658. The first kappa shape index (κ1) is 24.1. The molecule has 3 rings (SSSR count). The van der Waals surface area contributed by atoms with Crippen LogP contribution in [0.15, 0.2) is 42.5 Å². The van der Waals surface area contributed by atoms with Crippen molar-refractivity contribution in [2.24, 2.45) is 0 Å². The van der Waals surface area contributed by atoms with Crippen molar-refractivity contribution < 1.29 is 22.8 Å². The van der Waals surface area contributed by atoms with E-state index in [0.29, 0.717) is 31.5 Å². The lowest BCUT2D eigenvalue weighted by Crippen LogP contribution is -2.50. The Kier molecular flexibility index (Phi) is 7.46. The van der Waals surface area contributed by atoms with Gasteiger partial charge in [-0.3, -0.25) is 14.5 Å². The first-order chi connectivity index (χ1) is 15.1. The fraction of sp³-hybridized carbons (Fsp3) is 0.391. The molecule has 0 aliphatic carbocycles. The van der Waals surface area contributed by atoms with Crippen LogP contribution in [-0.2, 0) is 11.0 Å². The van der Waals surface area contributed by atoms with Crippen molar-refractivity contribution in [1.82, 2.24) is 10.2 Å². The summed E-state index contributed by atoms with van der Waals surface area (Å²) in [5.41, 5.74) is 0.598. The molecule has 32 heavy (non-hydrogen) atoms. The number of nitrogens with one attached hydrogen (secondary N) is 2. The van der Waals surface area contributed by atoms with Crippen molar-refractivity contribution >= 4 is 29.1 Å². The molecule has 1 atom stereocenters. The number of likely N-dealkylation sites (tertiary alicyclic amines) is 1. The van der Waals surface area contributed by atoms with Gasteiger partial charge in [-0.2, -0.15) is 13.2 Å². The van der Waals surface area contributed by atoms with Gasteiger partial charge in [0.2, 0.25) is 5.91 Å². The molecular formula is C23H25ClF3N3O2. The van der Waals surface area contributed by atoms with Crippen molar-refractivity contribution in [3.63, 3.8) is 0 Å². The van der Waals surface area contributed by atoms with Gasteiger partial charge >= 0.3 is 6.18 Å². The highest BCUT2D eigenvalue weighted by atomic mass is 35.5. The van der Waals surface area contributed by atoms with E-state index in [4.69, 9.17) is 11.6 Å². The normalized spacial score (nSPS) is 16.4. The zero-order chi connectivity index (χ0) is 23.5. The number of carbonyl (C=O) groups is 2. The van der Waals surface area contributed by atoms with E-state index in [0.717, 1.165) is 17.7 Å². The summed E-state index contributed by atoms with van der Waals surface area (Å²) in [6, 6.07) is 10.1. The van der Waals surface area contributed by atoms with Crippen LogP contribution in [-0.4, -0.2) is 41.9 Å². The number of hydrogen-bond acceptors (Lipinski definition) is 3. The van der Waals surface area contributed by atoms with Gasteiger partial charge in [0.15, 0.2) is 0 Å². The summed E-state index contributed by atoms with van der Waals surface area (Å²) >= 11 is 5.63. The molecule has 172 valence electrons. The van der Waals surface area contributed by atoms with E-state index < -0.39 is 28.7 Å². The van der Waals surface area contributed by atoms with Crippen LogP contribution in [0.1, 0.15) is 41.3 Å². The Balaban J connectivity index is 1.54. The molecule has 1 aliphatic heterocycles. The lowest BCUT2D eigenvalue weighted by Gasteiger charge is -2.35. The number of anilines is 1. The third kappa shape index (κ3) is 5.81. The topological polar surface area (TPSA) is 61.4 Å². The molecule has 2 N–H and O–H groups in total. The lowest BCUT2D eigenvalue weighted by molar-refractivity contribution is -0.137. The Bertz CT molecular complexity index is 989. The second-order valence-electron chi connectivity index (χ2n) is 7.96. The molecule has 2 aromatic carbocycles. The summed E-state index contributed by atoms with van der Waals surface area (Å²) < 4.78 is 39.1. The van der Waals surface area contributed by atoms with Crippen molar-refractivity contribution in [1.29, 1.82) is 0 Å². The van der Waals surface area contributed by atoms with Crippen LogP contribution in [0.25, 0.3) is 0 Å². The summed E-state index contributed by atoms with van der Waals surface area (Å²) in [5, 5.41) is 5.17. The minimum absolute atomic E-state index is 0.000716. The summed E-state index contributed by atoms with van der Waals surface area (Å²) in [5.74, 6) is -0.515. The fourth-order valence-corrected chi connectivity index (χ4v) is 3.98. The second kappa shape index (κ2) is 9.92. The largest absolute Gasteiger partial charge is 0.417 e. The van der Waals surface area contributed by atoms with E-state index in [1.807, 2.05) is 30.0 Å². The number of rotatable bonds is 5. The van der Waals surface area contributed by atoms with Gasteiger partial charge in [-0.25, -0.2) is 0 Å². The summed E-state index contributed by atoms with van der Waals surface area (Å²) in [7, 11) is 0. The second-order valence-corrected chi connectivity index (χ2v) is 8.36. The van der Waals surface area contributed by atoms with Crippen molar-refractivity contribution in [3.8, 4) is 0 Å². The Morgan fingerprint density at radius 3 is 2.41 bits per heavy atom. The molecule has 0 spiro atoms. The van der Waals surface area contributed by atoms with Gasteiger partial charge in [0.1, 0.15) is 0 Å². The van der Waals surface area contributed by atoms with E-state index >= 15 is 0 Å². The summed E-state index contributed by atoms with van der Waals surface area (Å²) in [6.45, 7) is 4.77.